The Hall–Kier alpha value is -1.22. The lowest BCUT2D eigenvalue weighted by molar-refractivity contribution is 0.413. The number of benzene rings is 2. The van der Waals surface area contributed by atoms with Crippen LogP contribution in [0, 0.1) is 0 Å². The molecule has 2 nitrogen and oxygen atoms in total. The van der Waals surface area contributed by atoms with Gasteiger partial charge in [0.2, 0.25) is 0 Å². The Morgan fingerprint density at radius 1 is 1.10 bits per heavy atom. The summed E-state index contributed by atoms with van der Waals surface area (Å²) in [6.45, 7) is 2.99. The molecule has 0 aliphatic carbocycles. The third-order valence-electron chi connectivity index (χ3n) is 3.37. The van der Waals surface area contributed by atoms with Crippen molar-refractivity contribution in [3.63, 3.8) is 0 Å². The maximum absolute atomic E-state index is 6.10. The van der Waals surface area contributed by atoms with Crippen LogP contribution >= 0.6 is 23.2 Å². The van der Waals surface area contributed by atoms with Crippen molar-refractivity contribution in [3.05, 3.63) is 63.6 Å². The summed E-state index contributed by atoms with van der Waals surface area (Å²) in [5, 5.41) is 4.68. The van der Waals surface area contributed by atoms with E-state index in [1.54, 1.807) is 7.11 Å². The number of hydrogen-bond donors (Lipinski definition) is 1. The zero-order valence-corrected chi connectivity index (χ0v) is 13.7. The lowest BCUT2D eigenvalue weighted by Gasteiger charge is -2.19. The second-order valence-electron chi connectivity index (χ2n) is 4.84. The number of rotatable bonds is 6. The van der Waals surface area contributed by atoms with Gasteiger partial charge in [0, 0.05) is 6.04 Å². The summed E-state index contributed by atoms with van der Waals surface area (Å²) < 4.78 is 5.30. The molecule has 2 aromatic rings. The lowest BCUT2D eigenvalue weighted by Crippen LogP contribution is -2.23. The predicted octanol–water partition coefficient (Wildman–Crippen LogP) is 4.90. The van der Waals surface area contributed by atoms with E-state index in [4.69, 9.17) is 27.9 Å². The number of methoxy groups -OCH3 is 1. The molecule has 0 amide bonds. The second-order valence-corrected chi connectivity index (χ2v) is 5.65. The van der Waals surface area contributed by atoms with Gasteiger partial charge in [0.05, 0.1) is 17.2 Å². The van der Waals surface area contributed by atoms with Crippen molar-refractivity contribution in [2.45, 2.75) is 19.4 Å². The molecule has 1 atom stereocenters. The first kappa shape index (κ1) is 16.2. The SMILES string of the molecule is CCNC(Cc1ccc(Cl)c(Cl)c1)c1cccc(OC)c1. The van der Waals surface area contributed by atoms with Crippen LogP contribution in [0.25, 0.3) is 0 Å². The molecule has 2 rings (SSSR count). The molecule has 112 valence electrons. The molecular weight excluding hydrogens is 305 g/mol. The van der Waals surface area contributed by atoms with Crippen molar-refractivity contribution in [3.8, 4) is 5.75 Å². The molecule has 0 heterocycles. The number of likely N-dealkylation sites (N-methyl/N-ethyl adjacent to an activating group) is 1. The summed E-state index contributed by atoms with van der Waals surface area (Å²) in [6, 6.07) is 14.1. The minimum absolute atomic E-state index is 0.211. The molecule has 4 heteroatoms. The summed E-state index contributed by atoms with van der Waals surface area (Å²) in [6.07, 6.45) is 0.845. The Morgan fingerprint density at radius 2 is 1.90 bits per heavy atom. The lowest BCUT2D eigenvalue weighted by atomic mass is 9.98. The van der Waals surface area contributed by atoms with Crippen LogP contribution in [0.1, 0.15) is 24.1 Å². The summed E-state index contributed by atoms with van der Waals surface area (Å²) in [7, 11) is 1.68. The molecular formula is C17H19Cl2NO. The summed E-state index contributed by atoms with van der Waals surface area (Å²) >= 11 is 12.1. The van der Waals surface area contributed by atoms with E-state index in [2.05, 4.69) is 24.4 Å². The van der Waals surface area contributed by atoms with E-state index < -0.39 is 0 Å². The zero-order valence-electron chi connectivity index (χ0n) is 12.2. The number of halogens is 2. The fourth-order valence-electron chi connectivity index (χ4n) is 2.31. The highest BCUT2D eigenvalue weighted by Gasteiger charge is 2.12. The molecule has 0 aliphatic heterocycles. The van der Waals surface area contributed by atoms with Gasteiger partial charge in [-0.1, -0.05) is 48.3 Å². The van der Waals surface area contributed by atoms with Crippen LogP contribution in [-0.2, 0) is 6.42 Å². The minimum atomic E-state index is 0.211. The van der Waals surface area contributed by atoms with Crippen LogP contribution in [0.3, 0.4) is 0 Å². The largest absolute Gasteiger partial charge is 0.497 e. The van der Waals surface area contributed by atoms with E-state index in [1.807, 2.05) is 30.3 Å². The van der Waals surface area contributed by atoms with Gasteiger partial charge in [-0.15, -0.1) is 0 Å². The van der Waals surface area contributed by atoms with Gasteiger partial charge in [-0.3, -0.25) is 0 Å². The van der Waals surface area contributed by atoms with E-state index in [9.17, 15) is 0 Å². The van der Waals surface area contributed by atoms with Gasteiger partial charge >= 0.3 is 0 Å². The standard InChI is InChI=1S/C17H19Cl2NO/c1-3-20-17(13-5-4-6-14(11-13)21-2)10-12-7-8-15(18)16(19)9-12/h4-9,11,17,20H,3,10H2,1-2H3. The first-order valence-corrected chi connectivity index (χ1v) is 7.71. The molecule has 0 aliphatic rings. The smallest absolute Gasteiger partial charge is 0.119 e. The summed E-state index contributed by atoms with van der Waals surface area (Å²) in [5.74, 6) is 0.865. The topological polar surface area (TPSA) is 21.3 Å². The summed E-state index contributed by atoms with van der Waals surface area (Å²) in [5.41, 5.74) is 2.35. The Morgan fingerprint density at radius 3 is 2.57 bits per heavy atom. The quantitative estimate of drug-likeness (QED) is 0.816. The minimum Gasteiger partial charge on any atom is -0.497 e. The molecule has 0 bridgehead atoms. The number of hydrogen-bond acceptors (Lipinski definition) is 2. The van der Waals surface area contributed by atoms with Crippen molar-refractivity contribution in [2.75, 3.05) is 13.7 Å². The first-order chi connectivity index (χ1) is 10.1. The maximum Gasteiger partial charge on any atom is 0.119 e. The fourth-order valence-corrected chi connectivity index (χ4v) is 2.64. The van der Waals surface area contributed by atoms with Crippen LogP contribution in [-0.4, -0.2) is 13.7 Å². The monoisotopic (exact) mass is 323 g/mol. The van der Waals surface area contributed by atoms with E-state index in [1.165, 1.54) is 5.56 Å². The van der Waals surface area contributed by atoms with Gasteiger partial charge < -0.3 is 10.1 Å². The van der Waals surface area contributed by atoms with Gasteiger partial charge in [-0.2, -0.15) is 0 Å². The van der Waals surface area contributed by atoms with Gasteiger partial charge in [-0.05, 0) is 48.4 Å². The van der Waals surface area contributed by atoms with E-state index in [0.29, 0.717) is 10.0 Å². The molecule has 0 radical (unpaired) electrons. The Labute approximate surface area is 136 Å². The van der Waals surface area contributed by atoms with E-state index >= 15 is 0 Å². The van der Waals surface area contributed by atoms with Gasteiger partial charge in [0.25, 0.3) is 0 Å². The van der Waals surface area contributed by atoms with E-state index in [0.717, 1.165) is 24.3 Å². The Bertz CT molecular complexity index is 601. The maximum atomic E-state index is 6.10. The Balaban J connectivity index is 2.23. The average Bonchev–Trinajstić information content (AvgIpc) is 2.50. The fraction of sp³-hybridized carbons (Fsp3) is 0.294. The molecule has 21 heavy (non-hydrogen) atoms. The van der Waals surface area contributed by atoms with Gasteiger partial charge in [0.15, 0.2) is 0 Å². The van der Waals surface area contributed by atoms with Crippen LogP contribution in [0.5, 0.6) is 5.75 Å². The van der Waals surface area contributed by atoms with Crippen LogP contribution in [0.15, 0.2) is 42.5 Å². The molecule has 0 saturated heterocycles. The highest BCUT2D eigenvalue weighted by atomic mass is 35.5. The summed E-state index contributed by atoms with van der Waals surface area (Å²) in [4.78, 5) is 0. The molecule has 0 fully saturated rings. The number of ether oxygens (including phenoxy) is 1. The zero-order chi connectivity index (χ0) is 15.2. The van der Waals surface area contributed by atoms with Crippen molar-refractivity contribution in [2.24, 2.45) is 0 Å². The molecule has 0 aromatic heterocycles. The van der Waals surface area contributed by atoms with Gasteiger partial charge in [0.1, 0.15) is 5.75 Å². The van der Waals surface area contributed by atoms with Crippen LogP contribution < -0.4 is 10.1 Å². The number of nitrogens with one attached hydrogen (secondary N) is 1. The Kier molecular flexibility index (Phi) is 5.92. The normalized spacial score (nSPS) is 12.2. The molecule has 0 saturated carbocycles. The molecule has 0 spiro atoms. The van der Waals surface area contributed by atoms with Crippen molar-refractivity contribution in [1.82, 2.24) is 5.32 Å². The third kappa shape index (κ3) is 4.37. The highest BCUT2D eigenvalue weighted by molar-refractivity contribution is 6.42. The van der Waals surface area contributed by atoms with E-state index in [-0.39, 0.29) is 6.04 Å². The molecule has 1 N–H and O–H groups in total. The molecule has 2 aromatic carbocycles. The first-order valence-electron chi connectivity index (χ1n) is 6.95. The highest BCUT2D eigenvalue weighted by Crippen LogP contribution is 2.27. The third-order valence-corrected chi connectivity index (χ3v) is 4.11. The van der Waals surface area contributed by atoms with Crippen molar-refractivity contribution in [1.29, 1.82) is 0 Å². The predicted molar refractivity (Wildman–Crippen MR) is 89.6 cm³/mol. The van der Waals surface area contributed by atoms with Crippen molar-refractivity contribution < 1.29 is 4.74 Å². The average molecular weight is 324 g/mol. The second kappa shape index (κ2) is 7.69. The van der Waals surface area contributed by atoms with Crippen molar-refractivity contribution >= 4 is 23.2 Å². The van der Waals surface area contributed by atoms with Crippen LogP contribution in [0.2, 0.25) is 10.0 Å². The van der Waals surface area contributed by atoms with Gasteiger partial charge in [-0.25, -0.2) is 0 Å². The molecule has 1 unspecified atom stereocenters. The van der Waals surface area contributed by atoms with Crippen LogP contribution in [0.4, 0.5) is 0 Å².